The van der Waals surface area contributed by atoms with Crippen LogP contribution in [-0.4, -0.2) is 16.9 Å². The monoisotopic (exact) mass is 204 g/mol. The molecule has 1 aromatic carbocycles. The number of carboxylic acids is 1. The predicted octanol–water partition coefficient (Wildman–Crippen LogP) is 1.83. The third-order valence-electron chi connectivity index (χ3n) is 2.93. The summed E-state index contributed by atoms with van der Waals surface area (Å²) in [6.07, 6.45) is 0.538. The summed E-state index contributed by atoms with van der Waals surface area (Å²) in [6, 6.07) is 9.41. The van der Waals surface area contributed by atoms with Gasteiger partial charge in [-0.3, -0.25) is 9.59 Å². The van der Waals surface area contributed by atoms with E-state index in [1.165, 1.54) is 0 Å². The summed E-state index contributed by atoms with van der Waals surface area (Å²) in [6.45, 7) is 0. The third-order valence-corrected chi connectivity index (χ3v) is 2.93. The molecule has 0 spiro atoms. The molecule has 1 aromatic rings. The maximum atomic E-state index is 11.3. The van der Waals surface area contributed by atoms with Gasteiger partial charge in [-0.15, -0.1) is 0 Å². The van der Waals surface area contributed by atoms with E-state index >= 15 is 0 Å². The lowest BCUT2D eigenvalue weighted by molar-refractivity contribution is -0.142. The summed E-state index contributed by atoms with van der Waals surface area (Å²) in [7, 11) is 0. The molecule has 2 rings (SSSR count). The average Bonchev–Trinajstić information content (AvgIpc) is 2.62. The zero-order valence-corrected chi connectivity index (χ0v) is 8.22. The highest BCUT2D eigenvalue weighted by Gasteiger charge is 2.38. The first kappa shape index (κ1) is 9.90. The second-order valence-corrected chi connectivity index (χ2v) is 3.91. The molecular formula is C12H12O3. The Morgan fingerprint density at radius 2 is 1.87 bits per heavy atom. The van der Waals surface area contributed by atoms with Crippen LogP contribution >= 0.6 is 0 Å². The molecule has 1 aliphatic rings. The fourth-order valence-corrected chi connectivity index (χ4v) is 2.17. The van der Waals surface area contributed by atoms with Gasteiger partial charge in [0.15, 0.2) is 0 Å². The zero-order chi connectivity index (χ0) is 10.8. The SMILES string of the molecule is O=C1C[C@H](C(=O)O)[C@H](c2ccccc2)C1. The van der Waals surface area contributed by atoms with Gasteiger partial charge in [-0.25, -0.2) is 0 Å². The Kier molecular flexibility index (Phi) is 2.54. The standard InChI is InChI=1S/C12H12O3/c13-9-6-10(11(7-9)12(14)15)8-4-2-1-3-5-8/h1-5,10-11H,6-7H2,(H,14,15)/t10-,11-/m0/s1. The topological polar surface area (TPSA) is 54.4 Å². The molecule has 0 heterocycles. The Labute approximate surface area is 87.7 Å². The number of carbonyl (C=O) groups is 2. The lowest BCUT2D eigenvalue weighted by Crippen LogP contribution is -2.16. The Bertz CT molecular complexity index is 383. The number of aliphatic carboxylic acids is 1. The summed E-state index contributed by atoms with van der Waals surface area (Å²) in [4.78, 5) is 22.3. The Morgan fingerprint density at radius 3 is 2.47 bits per heavy atom. The number of rotatable bonds is 2. The van der Waals surface area contributed by atoms with Gasteiger partial charge in [-0.2, -0.15) is 0 Å². The van der Waals surface area contributed by atoms with Crippen LogP contribution in [0.5, 0.6) is 0 Å². The van der Waals surface area contributed by atoms with Gasteiger partial charge >= 0.3 is 5.97 Å². The summed E-state index contributed by atoms with van der Waals surface area (Å²) in [5, 5.41) is 9.01. The second kappa shape index (κ2) is 3.85. The molecule has 1 N–H and O–H groups in total. The number of hydrogen-bond donors (Lipinski definition) is 1. The van der Waals surface area contributed by atoms with Crippen molar-refractivity contribution in [2.75, 3.05) is 0 Å². The first-order chi connectivity index (χ1) is 7.18. The van der Waals surface area contributed by atoms with E-state index in [0.29, 0.717) is 6.42 Å². The molecule has 0 aromatic heterocycles. The molecule has 0 amide bonds. The molecule has 0 saturated heterocycles. The number of Topliss-reactive ketones (excluding diaryl/α,β-unsaturated/α-hetero) is 1. The van der Waals surface area contributed by atoms with Crippen LogP contribution < -0.4 is 0 Å². The third kappa shape index (κ3) is 1.91. The van der Waals surface area contributed by atoms with Crippen LogP contribution in [0.15, 0.2) is 30.3 Å². The Hall–Kier alpha value is -1.64. The fraction of sp³-hybridized carbons (Fsp3) is 0.333. The molecule has 1 saturated carbocycles. The predicted molar refractivity (Wildman–Crippen MR) is 54.5 cm³/mol. The van der Waals surface area contributed by atoms with E-state index in [9.17, 15) is 9.59 Å². The molecule has 1 aliphatic carbocycles. The van der Waals surface area contributed by atoms with Crippen LogP contribution in [0.2, 0.25) is 0 Å². The number of carboxylic acid groups (broad SMARTS) is 1. The molecule has 3 nitrogen and oxygen atoms in total. The van der Waals surface area contributed by atoms with Crippen molar-refractivity contribution in [3.63, 3.8) is 0 Å². The number of benzene rings is 1. The summed E-state index contributed by atoms with van der Waals surface area (Å²) >= 11 is 0. The van der Waals surface area contributed by atoms with Gasteiger partial charge in [0.05, 0.1) is 5.92 Å². The van der Waals surface area contributed by atoms with E-state index in [4.69, 9.17) is 5.11 Å². The molecule has 0 aliphatic heterocycles. The zero-order valence-electron chi connectivity index (χ0n) is 8.22. The van der Waals surface area contributed by atoms with Crippen molar-refractivity contribution < 1.29 is 14.7 Å². The van der Waals surface area contributed by atoms with Crippen molar-refractivity contribution in [3.05, 3.63) is 35.9 Å². The highest BCUT2D eigenvalue weighted by Crippen LogP contribution is 2.37. The Morgan fingerprint density at radius 1 is 1.20 bits per heavy atom. The van der Waals surface area contributed by atoms with E-state index in [-0.39, 0.29) is 18.1 Å². The van der Waals surface area contributed by atoms with Crippen LogP contribution in [0.4, 0.5) is 0 Å². The smallest absolute Gasteiger partial charge is 0.307 e. The van der Waals surface area contributed by atoms with E-state index in [2.05, 4.69) is 0 Å². The van der Waals surface area contributed by atoms with Crippen LogP contribution in [0.1, 0.15) is 24.3 Å². The van der Waals surface area contributed by atoms with Gasteiger partial charge < -0.3 is 5.11 Å². The highest BCUT2D eigenvalue weighted by molar-refractivity contribution is 5.89. The van der Waals surface area contributed by atoms with Crippen molar-refractivity contribution in [2.24, 2.45) is 5.92 Å². The second-order valence-electron chi connectivity index (χ2n) is 3.91. The molecule has 2 atom stereocenters. The minimum atomic E-state index is -0.866. The summed E-state index contributed by atoms with van der Waals surface area (Å²) in [5.74, 6) is -1.50. The minimum Gasteiger partial charge on any atom is -0.481 e. The lowest BCUT2D eigenvalue weighted by Gasteiger charge is -2.14. The van der Waals surface area contributed by atoms with Crippen molar-refractivity contribution >= 4 is 11.8 Å². The largest absolute Gasteiger partial charge is 0.481 e. The summed E-state index contributed by atoms with van der Waals surface area (Å²) in [5.41, 5.74) is 0.954. The number of carbonyl (C=O) groups excluding carboxylic acids is 1. The minimum absolute atomic E-state index is 0.0521. The molecule has 78 valence electrons. The van der Waals surface area contributed by atoms with Crippen molar-refractivity contribution in [3.8, 4) is 0 Å². The van der Waals surface area contributed by atoms with E-state index in [1.54, 1.807) is 0 Å². The molecule has 3 heteroatoms. The molecule has 0 radical (unpaired) electrons. The van der Waals surface area contributed by atoms with E-state index < -0.39 is 11.9 Å². The molecule has 1 fully saturated rings. The summed E-state index contributed by atoms with van der Waals surface area (Å²) < 4.78 is 0. The van der Waals surface area contributed by atoms with Crippen LogP contribution in [0.3, 0.4) is 0 Å². The van der Waals surface area contributed by atoms with E-state index in [0.717, 1.165) is 5.56 Å². The van der Waals surface area contributed by atoms with Gasteiger partial charge in [-0.05, 0) is 5.56 Å². The molecule has 0 unspecified atom stereocenters. The normalized spacial score (nSPS) is 25.5. The first-order valence-electron chi connectivity index (χ1n) is 4.98. The lowest BCUT2D eigenvalue weighted by atomic mass is 9.89. The molecular weight excluding hydrogens is 192 g/mol. The molecule has 0 bridgehead atoms. The maximum Gasteiger partial charge on any atom is 0.307 e. The van der Waals surface area contributed by atoms with E-state index in [1.807, 2.05) is 30.3 Å². The number of hydrogen-bond acceptors (Lipinski definition) is 2. The fourth-order valence-electron chi connectivity index (χ4n) is 2.17. The van der Waals surface area contributed by atoms with Gasteiger partial charge in [0.25, 0.3) is 0 Å². The van der Waals surface area contributed by atoms with Crippen LogP contribution in [0, 0.1) is 5.92 Å². The van der Waals surface area contributed by atoms with Crippen LogP contribution in [0.25, 0.3) is 0 Å². The van der Waals surface area contributed by atoms with Crippen LogP contribution in [-0.2, 0) is 9.59 Å². The number of ketones is 1. The van der Waals surface area contributed by atoms with Gasteiger partial charge in [-0.1, -0.05) is 30.3 Å². The maximum absolute atomic E-state index is 11.3. The van der Waals surface area contributed by atoms with Crippen molar-refractivity contribution in [1.29, 1.82) is 0 Å². The highest BCUT2D eigenvalue weighted by atomic mass is 16.4. The van der Waals surface area contributed by atoms with Gasteiger partial charge in [0.1, 0.15) is 5.78 Å². The van der Waals surface area contributed by atoms with Gasteiger partial charge in [0, 0.05) is 18.8 Å². The Balaban J connectivity index is 2.28. The van der Waals surface area contributed by atoms with Crippen molar-refractivity contribution in [2.45, 2.75) is 18.8 Å². The average molecular weight is 204 g/mol. The molecule has 15 heavy (non-hydrogen) atoms. The van der Waals surface area contributed by atoms with Crippen molar-refractivity contribution in [1.82, 2.24) is 0 Å². The first-order valence-corrected chi connectivity index (χ1v) is 4.98. The van der Waals surface area contributed by atoms with Gasteiger partial charge in [0.2, 0.25) is 0 Å². The quantitative estimate of drug-likeness (QED) is 0.799.